The molecule has 0 saturated carbocycles. The van der Waals surface area contributed by atoms with Gasteiger partial charge in [-0.05, 0) is 46.1 Å². The fourth-order valence-electron chi connectivity index (χ4n) is 1.77. The third-order valence-electron chi connectivity index (χ3n) is 2.77. The van der Waals surface area contributed by atoms with Crippen LogP contribution >= 0.6 is 39.1 Å². The highest BCUT2D eigenvalue weighted by atomic mass is 79.9. The van der Waals surface area contributed by atoms with Gasteiger partial charge >= 0.3 is 0 Å². The van der Waals surface area contributed by atoms with E-state index < -0.39 is 5.38 Å². The van der Waals surface area contributed by atoms with E-state index in [2.05, 4.69) is 15.9 Å². The van der Waals surface area contributed by atoms with Gasteiger partial charge in [0.1, 0.15) is 5.82 Å². The van der Waals surface area contributed by atoms with Gasteiger partial charge in [0.25, 0.3) is 0 Å². The van der Waals surface area contributed by atoms with E-state index in [-0.39, 0.29) is 5.82 Å². The minimum absolute atomic E-state index is 0.366. The predicted molar refractivity (Wildman–Crippen MR) is 78.0 cm³/mol. The van der Waals surface area contributed by atoms with Gasteiger partial charge in [0.15, 0.2) is 0 Å². The zero-order chi connectivity index (χ0) is 13.3. The smallest absolute Gasteiger partial charge is 0.129 e. The number of hydrogen-bond acceptors (Lipinski definition) is 0. The number of halogens is 4. The first kappa shape index (κ1) is 13.9. The first-order valence-electron chi connectivity index (χ1n) is 5.34. The minimum Gasteiger partial charge on any atom is -0.207 e. The van der Waals surface area contributed by atoms with Crippen molar-refractivity contribution in [1.82, 2.24) is 0 Å². The molecule has 2 aromatic carbocycles. The van der Waals surface area contributed by atoms with Gasteiger partial charge in [-0.1, -0.05) is 35.9 Å². The Morgan fingerprint density at radius 2 is 1.83 bits per heavy atom. The molecular formula is C14H10BrCl2F. The number of benzene rings is 2. The normalized spacial score (nSPS) is 12.5. The SMILES string of the molecule is Cc1ccccc1C(Cl)c1cc(Cl)c(Br)cc1F. The van der Waals surface area contributed by atoms with Gasteiger partial charge in [-0.15, -0.1) is 11.6 Å². The van der Waals surface area contributed by atoms with Crippen LogP contribution in [0, 0.1) is 12.7 Å². The summed E-state index contributed by atoms with van der Waals surface area (Å²) in [6, 6.07) is 10.5. The van der Waals surface area contributed by atoms with Crippen LogP contribution < -0.4 is 0 Å². The van der Waals surface area contributed by atoms with Crippen molar-refractivity contribution >= 4 is 39.1 Å². The van der Waals surface area contributed by atoms with Crippen LogP contribution in [0.25, 0.3) is 0 Å². The molecule has 0 radical (unpaired) electrons. The van der Waals surface area contributed by atoms with Gasteiger partial charge in [0.05, 0.1) is 10.4 Å². The standard InChI is InChI=1S/C14H10BrCl2F/c1-8-4-2-3-5-9(8)14(17)10-6-12(16)11(15)7-13(10)18/h2-7,14H,1H3. The lowest BCUT2D eigenvalue weighted by Crippen LogP contribution is -1.99. The summed E-state index contributed by atoms with van der Waals surface area (Å²) in [4.78, 5) is 0. The lowest BCUT2D eigenvalue weighted by Gasteiger charge is -2.14. The topological polar surface area (TPSA) is 0 Å². The number of rotatable bonds is 2. The molecule has 94 valence electrons. The van der Waals surface area contributed by atoms with Crippen LogP contribution in [0.1, 0.15) is 22.1 Å². The molecule has 0 aliphatic carbocycles. The monoisotopic (exact) mass is 346 g/mol. The van der Waals surface area contributed by atoms with Crippen molar-refractivity contribution in [1.29, 1.82) is 0 Å². The van der Waals surface area contributed by atoms with E-state index >= 15 is 0 Å². The maximum absolute atomic E-state index is 13.9. The predicted octanol–water partition coefficient (Wildman–Crippen LogP) is 5.88. The van der Waals surface area contributed by atoms with Crippen molar-refractivity contribution in [2.45, 2.75) is 12.3 Å². The highest BCUT2D eigenvalue weighted by molar-refractivity contribution is 9.10. The molecule has 0 spiro atoms. The highest BCUT2D eigenvalue weighted by Gasteiger charge is 2.18. The fraction of sp³-hybridized carbons (Fsp3) is 0.143. The maximum atomic E-state index is 13.9. The molecule has 4 heteroatoms. The largest absolute Gasteiger partial charge is 0.207 e. The molecule has 0 heterocycles. The molecule has 0 aliphatic heterocycles. The molecule has 0 fully saturated rings. The first-order valence-corrected chi connectivity index (χ1v) is 6.95. The van der Waals surface area contributed by atoms with Gasteiger partial charge in [0, 0.05) is 10.0 Å². The Balaban J connectivity index is 2.50. The average Bonchev–Trinajstić information content (AvgIpc) is 2.33. The van der Waals surface area contributed by atoms with Crippen molar-refractivity contribution in [3.63, 3.8) is 0 Å². The second-order valence-corrected chi connectivity index (χ2v) is 5.70. The van der Waals surface area contributed by atoms with Crippen LogP contribution in [0.2, 0.25) is 5.02 Å². The Kier molecular flexibility index (Phi) is 4.31. The molecule has 18 heavy (non-hydrogen) atoms. The van der Waals surface area contributed by atoms with Crippen LogP contribution in [0.15, 0.2) is 40.9 Å². The summed E-state index contributed by atoms with van der Waals surface area (Å²) in [6.07, 6.45) is 0. The molecule has 0 nitrogen and oxygen atoms in total. The van der Waals surface area contributed by atoms with E-state index in [1.165, 1.54) is 6.07 Å². The van der Waals surface area contributed by atoms with Crippen molar-refractivity contribution in [2.24, 2.45) is 0 Å². The van der Waals surface area contributed by atoms with Crippen molar-refractivity contribution in [2.75, 3.05) is 0 Å². The maximum Gasteiger partial charge on any atom is 0.129 e. The van der Waals surface area contributed by atoms with Gasteiger partial charge in [-0.2, -0.15) is 0 Å². The van der Waals surface area contributed by atoms with Gasteiger partial charge in [-0.3, -0.25) is 0 Å². The van der Waals surface area contributed by atoms with Crippen LogP contribution in [-0.2, 0) is 0 Å². The van der Waals surface area contributed by atoms with Gasteiger partial charge < -0.3 is 0 Å². The van der Waals surface area contributed by atoms with E-state index in [1.807, 2.05) is 31.2 Å². The van der Waals surface area contributed by atoms with Crippen molar-refractivity contribution < 1.29 is 4.39 Å². The number of hydrogen-bond donors (Lipinski definition) is 0. The quantitative estimate of drug-likeness (QED) is 0.470. The Bertz CT molecular complexity index is 584. The molecule has 0 N–H and O–H groups in total. The van der Waals surface area contributed by atoms with E-state index in [0.29, 0.717) is 15.1 Å². The molecule has 2 aromatic rings. The zero-order valence-corrected chi connectivity index (χ0v) is 12.7. The summed E-state index contributed by atoms with van der Waals surface area (Å²) in [5.74, 6) is -0.366. The first-order chi connectivity index (χ1) is 8.50. The highest BCUT2D eigenvalue weighted by Crippen LogP contribution is 2.36. The van der Waals surface area contributed by atoms with Crippen LogP contribution in [0.5, 0.6) is 0 Å². The summed E-state index contributed by atoms with van der Waals surface area (Å²) in [5.41, 5.74) is 2.30. The summed E-state index contributed by atoms with van der Waals surface area (Å²) < 4.78 is 14.5. The Morgan fingerprint density at radius 1 is 1.17 bits per heavy atom. The third-order valence-corrected chi connectivity index (χ3v) is 4.44. The summed E-state index contributed by atoms with van der Waals surface area (Å²) in [7, 11) is 0. The zero-order valence-electron chi connectivity index (χ0n) is 9.55. The third kappa shape index (κ3) is 2.71. The summed E-state index contributed by atoms with van der Waals surface area (Å²) >= 11 is 15.5. The molecule has 0 saturated heterocycles. The number of alkyl halides is 1. The molecule has 1 atom stereocenters. The molecule has 2 rings (SSSR count). The van der Waals surface area contributed by atoms with Crippen LogP contribution in [0.4, 0.5) is 4.39 Å². The molecule has 0 aromatic heterocycles. The van der Waals surface area contributed by atoms with E-state index in [9.17, 15) is 4.39 Å². The lowest BCUT2D eigenvalue weighted by atomic mass is 10.00. The second-order valence-electron chi connectivity index (χ2n) is 4.01. The van der Waals surface area contributed by atoms with Gasteiger partial charge in [-0.25, -0.2) is 4.39 Å². The summed E-state index contributed by atoms with van der Waals surface area (Å²) in [6.45, 7) is 1.95. The second kappa shape index (κ2) is 5.60. The minimum atomic E-state index is -0.545. The van der Waals surface area contributed by atoms with E-state index in [0.717, 1.165) is 11.1 Å². The molecular weight excluding hydrogens is 338 g/mol. The molecule has 1 unspecified atom stereocenters. The Hall–Kier alpha value is -0.570. The Labute approximate surface area is 124 Å². The molecule has 0 amide bonds. The van der Waals surface area contributed by atoms with E-state index in [1.54, 1.807) is 6.07 Å². The van der Waals surface area contributed by atoms with Gasteiger partial charge in [0.2, 0.25) is 0 Å². The van der Waals surface area contributed by atoms with Crippen molar-refractivity contribution in [3.8, 4) is 0 Å². The van der Waals surface area contributed by atoms with Crippen LogP contribution in [-0.4, -0.2) is 0 Å². The van der Waals surface area contributed by atoms with Crippen molar-refractivity contribution in [3.05, 3.63) is 68.4 Å². The lowest BCUT2D eigenvalue weighted by molar-refractivity contribution is 0.611. The molecule has 0 aliphatic rings. The fourth-order valence-corrected chi connectivity index (χ4v) is 2.67. The molecule has 0 bridgehead atoms. The van der Waals surface area contributed by atoms with E-state index in [4.69, 9.17) is 23.2 Å². The Morgan fingerprint density at radius 3 is 2.50 bits per heavy atom. The summed E-state index contributed by atoms with van der Waals surface area (Å²) in [5, 5.41) is -0.0950. The number of aryl methyl sites for hydroxylation is 1. The van der Waals surface area contributed by atoms with Crippen LogP contribution in [0.3, 0.4) is 0 Å². The average molecular weight is 348 g/mol.